The van der Waals surface area contributed by atoms with Crippen molar-refractivity contribution in [3.05, 3.63) is 70.7 Å². The van der Waals surface area contributed by atoms with Gasteiger partial charge in [0.15, 0.2) is 5.17 Å². The Labute approximate surface area is 134 Å². The molecule has 1 aliphatic rings. The highest BCUT2D eigenvalue weighted by molar-refractivity contribution is 8.14. The molecule has 0 fully saturated rings. The van der Waals surface area contributed by atoms with E-state index in [1.807, 2.05) is 24.3 Å². The summed E-state index contributed by atoms with van der Waals surface area (Å²) in [5, 5.41) is 5.25. The predicted octanol–water partition coefficient (Wildman–Crippen LogP) is 4.83. The summed E-state index contributed by atoms with van der Waals surface area (Å²) in [6.07, 6.45) is 0. The minimum atomic E-state index is 0.199. The van der Waals surface area contributed by atoms with Gasteiger partial charge in [0, 0.05) is 10.8 Å². The van der Waals surface area contributed by atoms with Crippen molar-refractivity contribution in [2.75, 3.05) is 5.75 Å². The van der Waals surface area contributed by atoms with E-state index in [9.17, 15) is 0 Å². The number of hydrogen-bond acceptors (Lipinski definition) is 3. The number of benzene rings is 2. The summed E-state index contributed by atoms with van der Waals surface area (Å²) in [5.74, 6) is 0.995. The van der Waals surface area contributed by atoms with Crippen LogP contribution in [0.3, 0.4) is 0 Å². The number of rotatable bonds is 3. The summed E-state index contributed by atoms with van der Waals surface area (Å²) >= 11 is 7.82. The maximum Gasteiger partial charge on any atom is 0.157 e. The Morgan fingerprint density at radius 2 is 2.00 bits per heavy atom. The number of amidine groups is 1. The lowest BCUT2D eigenvalue weighted by molar-refractivity contribution is 0.717. The van der Waals surface area contributed by atoms with Gasteiger partial charge in [0.05, 0.1) is 12.1 Å². The highest BCUT2D eigenvalue weighted by Gasteiger charge is 2.21. The lowest BCUT2D eigenvalue weighted by atomic mass is 10.1. The van der Waals surface area contributed by atoms with Crippen molar-refractivity contribution in [2.45, 2.75) is 19.0 Å². The zero-order valence-corrected chi connectivity index (χ0v) is 13.4. The quantitative estimate of drug-likeness (QED) is 0.876. The second-order valence-electron chi connectivity index (χ2n) is 5.09. The van der Waals surface area contributed by atoms with Gasteiger partial charge >= 0.3 is 0 Å². The first-order valence-electron chi connectivity index (χ1n) is 7.00. The molecule has 0 amide bonds. The van der Waals surface area contributed by atoms with Gasteiger partial charge in [-0.1, -0.05) is 65.8 Å². The first-order valence-corrected chi connectivity index (χ1v) is 8.36. The molecule has 0 radical (unpaired) electrons. The molecule has 2 aromatic carbocycles. The second-order valence-corrected chi connectivity index (χ2v) is 6.54. The maximum absolute atomic E-state index is 6.05. The number of nitrogens with zero attached hydrogens (tertiary/aromatic N) is 1. The molecule has 0 saturated heterocycles. The normalized spacial score (nSPS) is 19.1. The molecule has 2 unspecified atom stereocenters. The fraction of sp³-hybridized carbons (Fsp3) is 0.235. The molecule has 1 N–H and O–H groups in total. The summed E-state index contributed by atoms with van der Waals surface area (Å²) in [7, 11) is 0. The van der Waals surface area contributed by atoms with E-state index in [0.717, 1.165) is 15.9 Å². The zero-order chi connectivity index (χ0) is 14.7. The monoisotopic (exact) mass is 316 g/mol. The molecule has 1 heterocycles. The van der Waals surface area contributed by atoms with Crippen LogP contribution in [0.5, 0.6) is 0 Å². The Bertz CT molecular complexity index is 642. The van der Waals surface area contributed by atoms with Crippen molar-refractivity contribution in [3.8, 4) is 0 Å². The molecule has 0 spiro atoms. The Morgan fingerprint density at radius 3 is 2.76 bits per heavy atom. The Balaban J connectivity index is 1.68. The Kier molecular flexibility index (Phi) is 4.51. The Hall–Kier alpha value is -1.45. The van der Waals surface area contributed by atoms with Crippen molar-refractivity contribution < 1.29 is 0 Å². The molecule has 1 aliphatic heterocycles. The molecule has 0 aliphatic carbocycles. The van der Waals surface area contributed by atoms with Crippen LogP contribution in [0.2, 0.25) is 5.02 Å². The minimum Gasteiger partial charge on any atom is -0.358 e. The first kappa shape index (κ1) is 14.5. The summed E-state index contributed by atoms with van der Waals surface area (Å²) in [6.45, 7) is 2.13. The summed E-state index contributed by atoms with van der Waals surface area (Å²) in [6, 6.07) is 18.8. The van der Waals surface area contributed by atoms with Crippen molar-refractivity contribution in [1.29, 1.82) is 0 Å². The largest absolute Gasteiger partial charge is 0.358 e. The van der Waals surface area contributed by atoms with E-state index in [1.54, 1.807) is 11.8 Å². The first-order chi connectivity index (χ1) is 10.2. The molecule has 0 saturated carbocycles. The van der Waals surface area contributed by atoms with Crippen LogP contribution in [0.25, 0.3) is 0 Å². The van der Waals surface area contributed by atoms with Crippen LogP contribution in [0.1, 0.15) is 30.1 Å². The number of halogens is 1. The van der Waals surface area contributed by atoms with E-state index in [0.29, 0.717) is 0 Å². The molecule has 2 atom stereocenters. The lowest BCUT2D eigenvalue weighted by Crippen LogP contribution is -2.22. The highest BCUT2D eigenvalue weighted by atomic mass is 35.5. The summed E-state index contributed by atoms with van der Waals surface area (Å²) < 4.78 is 0. The number of thioether (sulfide) groups is 1. The number of nitrogens with one attached hydrogen (secondary N) is 1. The van der Waals surface area contributed by atoms with Crippen LogP contribution < -0.4 is 5.32 Å². The van der Waals surface area contributed by atoms with Crippen molar-refractivity contribution >= 4 is 28.5 Å². The average molecular weight is 317 g/mol. The zero-order valence-electron chi connectivity index (χ0n) is 11.8. The molecule has 0 aromatic heterocycles. The molecule has 2 aromatic rings. The van der Waals surface area contributed by atoms with Crippen LogP contribution >= 0.6 is 23.4 Å². The topological polar surface area (TPSA) is 24.4 Å². The van der Waals surface area contributed by atoms with Crippen molar-refractivity contribution in [3.63, 3.8) is 0 Å². The van der Waals surface area contributed by atoms with E-state index in [2.05, 4.69) is 42.6 Å². The molecular formula is C17H17ClN2S. The molecular weight excluding hydrogens is 300 g/mol. The smallest absolute Gasteiger partial charge is 0.157 e. The van der Waals surface area contributed by atoms with Gasteiger partial charge in [-0.25, -0.2) is 0 Å². The standard InChI is InChI=1S/C17H17ClN2S/c1-12(14-8-5-9-15(18)10-14)19-17-20-16(11-21-17)13-6-3-2-4-7-13/h2-10,12,16H,11H2,1H3,(H,19,20). The molecule has 21 heavy (non-hydrogen) atoms. The van der Waals surface area contributed by atoms with Crippen LogP contribution in [-0.2, 0) is 0 Å². The molecule has 4 heteroatoms. The fourth-order valence-corrected chi connectivity index (χ4v) is 3.59. The third-order valence-electron chi connectivity index (χ3n) is 3.52. The lowest BCUT2D eigenvalue weighted by Gasteiger charge is -2.15. The average Bonchev–Trinajstić information content (AvgIpc) is 2.97. The third kappa shape index (κ3) is 3.60. The van der Waals surface area contributed by atoms with Gasteiger partial charge in [-0.3, -0.25) is 4.99 Å². The van der Waals surface area contributed by atoms with E-state index in [-0.39, 0.29) is 12.1 Å². The minimum absolute atomic E-state index is 0.199. The molecule has 2 nitrogen and oxygen atoms in total. The maximum atomic E-state index is 6.05. The highest BCUT2D eigenvalue weighted by Crippen LogP contribution is 2.30. The van der Waals surface area contributed by atoms with Gasteiger partial charge in [0.25, 0.3) is 0 Å². The van der Waals surface area contributed by atoms with Crippen LogP contribution in [0.4, 0.5) is 0 Å². The summed E-state index contributed by atoms with van der Waals surface area (Å²) in [4.78, 5) is 4.78. The number of hydrogen-bond donors (Lipinski definition) is 1. The molecule has 3 rings (SSSR count). The number of aliphatic imine (C=N–C) groups is 1. The van der Waals surface area contributed by atoms with E-state index in [4.69, 9.17) is 16.6 Å². The van der Waals surface area contributed by atoms with Gasteiger partial charge < -0.3 is 5.32 Å². The van der Waals surface area contributed by atoms with Gasteiger partial charge in [0.1, 0.15) is 0 Å². The van der Waals surface area contributed by atoms with Crippen molar-refractivity contribution in [2.24, 2.45) is 4.99 Å². The van der Waals surface area contributed by atoms with Gasteiger partial charge in [0.2, 0.25) is 0 Å². The predicted molar refractivity (Wildman–Crippen MR) is 92.1 cm³/mol. The van der Waals surface area contributed by atoms with E-state index >= 15 is 0 Å². The fourth-order valence-electron chi connectivity index (χ4n) is 2.34. The van der Waals surface area contributed by atoms with Gasteiger partial charge in [-0.15, -0.1) is 0 Å². The third-order valence-corrected chi connectivity index (χ3v) is 4.74. The molecule has 108 valence electrons. The SMILES string of the molecule is CC(NC1=NC(c2ccccc2)CS1)c1cccc(Cl)c1. The summed E-state index contributed by atoms with van der Waals surface area (Å²) in [5.41, 5.74) is 2.45. The van der Waals surface area contributed by atoms with E-state index < -0.39 is 0 Å². The van der Waals surface area contributed by atoms with Gasteiger partial charge in [-0.2, -0.15) is 0 Å². The van der Waals surface area contributed by atoms with Gasteiger partial charge in [-0.05, 0) is 30.2 Å². The van der Waals surface area contributed by atoms with Crippen LogP contribution in [0.15, 0.2) is 59.6 Å². The van der Waals surface area contributed by atoms with Crippen LogP contribution in [0, 0.1) is 0 Å². The van der Waals surface area contributed by atoms with Crippen molar-refractivity contribution in [1.82, 2.24) is 5.32 Å². The van der Waals surface area contributed by atoms with Crippen LogP contribution in [-0.4, -0.2) is 10.9 Å². The van der Waals surface area contributed by atoms with E-state index in [1.165, 1.54) is 11.1 Å². The second kappa shape index (κ2) is 6.54. The Morgan fingerprint density at radius 1 is 1.19 bits per heavy atom. The molecule has 0 bridgehead atoms.